The summed E-state index contributed by atoms with van der Waals surface area (Å²) in [6.45, 7) is 10.8. The maximum absolute atomic E-state index is 12.4. The molecule has 176 valence electrons. The minimum Gasteiger partial charge on any atom is -0.481 e. The first-order valence-electron chi connectivity index (χ1n) is 12.1. The monoisotopic (exact) mass is 448 g/mol. The third-order valence-electron chi connectivity index (χ3n) is 6.57. The lowest BCUT2D eigenvalue weighted by Crippen LogP contribution is -2.34. The number of fused-ring (bicyclic) bond motifs is 1. The fraction of sp³-hybridized carbons (Fsp3) is 0.481. The molecule has 0 saturated heterocycles. The Morgan fingerprint density at radius 1 is 1.09 bits per heavy atom. The van der Waals surface area contributed by atoms with Crippen LogP contribution in [0.2, 0.25) is 0 Å². The van der Waals surface area contributed by atoms with Gasteiger partial charge in [-0.3, -0.25) is 4.79 Å². The zero-order valence-corrected chi connectivity index (χ0v) is 20.2. The quantitative estimate of drug-likeness (QED) is 0.357. The summed E-state index contributed by atoms with van der Waals surface area (Å²) in [7, 11) is 0. The van der Waals surface area contributed by atoms with Crippen LogP contribution >= 0.6 is 0 Å². The van der Waals surface area contributed by atoms with Crippen molar-refractivity contribution in [3.8, 4) is 0 Å². The molecule has 0 atom stereocenters. The van der Waals surface area contributed by atoms with Gasteiger partial charge in [0.1, 0.15) is 0 Å². The molecular formula is C27H36N4O2. The van der Waals surface area contributed by atoms with Crippen molar-refractivity contribution in [2.75, 3.05) is 23.3 Å². The van der Waals surface area contributed by atoms with Crippen molar-refractivity contribution in [1.82, 2.24) is 9.97 Å². The Balaban J connectivity index is 1.80. The first-order chi connectivity index (χ1) is 15.8. The van der Waals surface area contributed by atoms with E-state index in [0.29, 0.717) is 30.6 Å². The third-order valence-corrected chi connectivity index (χ3v) is 6.57. The Morgan fingerprint density at radius 2 is 1.76 bits per heavy atom. The summed E-state index contributed by atoms with van der Waals surface area (Å²) < 4.78 is 0. The highest BCUT2D eigenvalue weighted by Gasteiger charge is 2.43. The van der Waals surface area contributed by atoms with Crippen molar-refractivity contribution in [2.45, 2.75) is 58.8 Å². The van der Waals surface area contributed by atoms with E-state index in [1.165, 1.54) is 0 Å². The average Bonchev–Trinajstić information content (AvgIpc) is 3.40. The minimum absolute atomic E-state index is 0.502. The lowest BCUT2D eigenvalue weighted by Gasteiger charge is -2.32. The van der Waals surface area contributed by atoms with Crippen molar-refractivity contribution in [3.63, 3.8) is 0 Å². The van der Waals surface area contributed by atoms with Gasteiger partial charge < -0.3 is 20.3 Å². The van der Waals surface area contributed by atoms with Crippen LogP contribution in [0.15, 0.2) is 42.5 Å². The van der Waals surface area contributed by atoms with E-state index in [1.807, 2.05) is 30.3 Å². The number of aromatic amines is 1. The maximum Gasteiger partial charge on any atom is 0.314 e. The van der Waals surface area contributed by atoms with Crippen molar-refractivity contribution in [3.05, 3.63) is 48.0 Å². The highest BCUT2D eigenvalue weighted by atomic mass is 16.4. The molecule has 0 bridgehead atoms. The zero-order valence-electron chi connectivity index (χ0n) is 20.2. The number of H-pyrrole nitrogens is 1. The predicted octanol–water partition coefficient (Wildman–Crippen LogP) is 6.32. The number of hydrogen-bond acceptors (Lipinski definition) is 4. The third kappa shape index (κ3) is 4.85. The number of hydrogen-bond donors (Lipinski definition) is 3. The molecule has 33 heavy (non-hydrogen) atoms. The molecule has 1 aliphatic rings. The molecule has 1 aromatic heterocycles. The molecule has 3 aromatic rings. The van der Waals surface area contributed by atoms with Crippen LogP contribution in [0.4, 0.5) is 17.3 Å². The molecule has 1 saturated carbocycles. The number of nitrogens with one attached hydrogen (secondary N) is 2. The van der Waals surface area contributed by atoms with Crippen LogP contribution in [0.3, 0.4) is 0 Å². The normalized spacial score (nSPS) is 15.5. The van der Waals surface area contributed by atoms with Gasteiger partial charge in [-0.05, 0) is 54.5 Å². The zero-order chi connectivity index (χ0) is 23.6. The number of aliphatic carboxylic acids is 1. The number of rotatable bonds is 9. The molecule has 0 unspecified atom stereocenters. The summed E-state index contributed by atoms with van der Waals surface area (Å²) in [5.74, 6) is 0.952. The van der Waals surface area contributed by atoms with Gasteiger partial charge in [-0.25, -0.2) is 4.98 Å². The molecule has 4 rings (SSSR count). The number of nitrogens with zero attached hydrogens (tertiary/aromatic N) is 2. The number of para-hydroxylation sites is 2. The second-order valence-corrected chi connectivity index (χ2v) is 10.2. The lowest BCUT2D eigenvalue weighted by atomic mass is 9.78. The van der Waals surface area contributed by atoms with E-state index in [-0.39, 0.29) is 0 Å². The molecule has 1 heterocycles. The molecular weight excluding hydrogens is 412 g/mol. The van der Waals surface area contributed by atoms with Crippen molar-refractivity contribution >= 4 is 34.3 Å². The summed E-state index contributed by atoms with van der Waals surface area (Å²) in [6, 6.07) is 14.1. The smallest absolute Gasteiger partial charge is 0.314 e. The predicted molar refractivity (Wildman–Crippen MR) is 135 cm³/mol. The van der Waals surface area contributed by atoms with E-state index < -0.39 is 11.4 Å². The largest absolute Gasteiger partial charge is 0.481 e. The summed E-state index contributed by atoms with van der Waals surface area (Å²) in [6.07, 6.45) is 3.28. The van der Waals surface area contributed by atoms with E-state index in [1.54, 1.807) is 0 Å². The van der Waals surface area contributed by atoms with Crippen molar-refractivity contribution < 1.29 is 9.90 Å². The molecule has 0 spiro atoms. The van der Waals surface area contributed by atoms with Crippen LogP contribution in [0.25, 0.3) is 11.0 Å². The standard InChI is InChI=1S/C27H36N4O2/c1-18(2)16-31(17-19(3)4)24-12-11-20(27(25(32)33)13-7-8-14-27)15-23(24)30-26-28-21-9-5-6-10-22(21)29-26/h5-6,9-12,15,18-19H,7-8,13-14,16-17H2,1-4H3,(H,32,33)(H2,28,29,30). The highest BCUT2D eigenvalue weighted by molar-refractivity contribution is 5.85. The molecule has 6 nitrogen and oxygen atoms in total. The summed E-state index contributed by atoms with van der Waals surface area (Å²) in [4.78, 5) is 22.8. The first kappa shape index (κ1) is 23.1. The van der Waals surface area contributed by atoms with Gasteiger partial charge in [0.05, 0.1) is 27.8 Å². The molecule has 2 aromatic carbocycles. The molecule has 3 N–H and O–H groups in total. The summed E-state index contributed by atoms with van der Waals surface area (Å²) in [5.41, 5.74) is 3.93. The van der Waals surface area contributed by atoms with Crippen LogP contribution in [0, 0.1) is 11.8 Å². The fourth-order valence-corrected chi connectivity index (χ4v) is 5.11. The molecule has 1 fully saturated rings. The van der Waals surface area contributed by atoms with Crippen LogP contribution in [0.5, 0.6) is 0 Å². The number of carboxylic acids is 1. The van der Waals surface area contributed by atoms with E-state index >= 15 is 0 Å². The maximum atomic E-state index is 12.4. The van der Waals surface area contributed by atoms with E-state index in [9.17, 15) is 9.90 Å². The Labute approximate surface area is 196 Å². The van der Waals surface area contributed by atoms with Crippen molar-refractivity contribution in [1.29, 1.82) is 0 Å². The van der Waals surface area contributed by atoms with E-state index in [4.69, 9.17) is 4.98 Å². The van der Waals surface area contributed by atoms with Gasteiger partial charge in [-0.15, -0.1) is 0 Å². The van der Waals surface area contributed by atoms with Crippen LogP contribution in [0.1, 0.15) is 58.9 Å². The summed E-state index contributed by atoms with van der Waals surface area (Å²) in [5, 5.41) is 13.7. The Bertz CT molecular complexity index is 1070. The van der Waals surface area contributed by atoms with E-state index in [0.717, 1.165) is 53.9 Å². The highest BCUT2D eigenvalue weighted by Crippen LogP contribution is 2.44. The molecule has 1 aliphatic carbocycles. The Kier molecular flexibility index (Phi) is 6.63. The number of benzene rings is 2. The van der Waals surface area contributed by atoms with Gasteiger partial charge in [-0.2, -0.15) is 0 Å². The lowest BCUT2D eigenvalue weighted by molar-refractivity contribution is -0.143. The van der Waals surface area contributed by atoms with Gasteiger partial charge in [0.25, 0.3) is 0 Å². The fourth-order valence-electron chi connectivity index (χ4n) is 5.11. The SMILES string of the molecule is CC(C)CN(CC(C)C)c1ccc(C2(C(=O)O)CCCC2)cc1Nc1nc2ccccc2[nH]1. The Morgan fingerprint density at radius 3 is 2.36 bits per heavy atom. The number of anilines is 3. The van der Waals surface area contributed by atoms with Gasteiger partial charge >= 0.3 is 5.97 Å². The van der Waals surface area contributed by atoms with Crippen molar-refractivity contribution in [2.24, 2.45) is 11.8 Å². The molecule has 0 radical (unpaired) electrons. The van der Waals surface area contributed by atoms with E-state index in [2.05, 4.69) is 55.0 Å². The number of carboxylic acid groups (broad SMARTS) is 1. The van der Waals surface area contributed by atoms with Gasteiger partial charge in [0.15, 0.2) is 0 Å². The van der Waals surface area contributed by atoms with Gasteiger partial charge in [0, 0.05) is 13.1 Å². The number of aromatic nitrogens is 2. The summed E-state index contributed by atoms with van der Waals surface area (Å²) >= 11 is 0. The minimum atomic E-state index is -0.802. The second-order valence-electron chi connectivity index (χ2n) is 10.2. The first-order valence-corrected chi connectivity index (χ1v) is 12.1. The Hall–Kier alpha value is -3.02. The topological polar surface area (TPSA) is 81.2 Å². The molecule has 6 heteroatoms. The van der Waals surface area contributed by atoms with Crippen LogP contribution < -0.4 is 10.2 Å². The van der Waals surface area contributed by atoms with Crippen LogP contribution in [-0.4, -0.2) is 34.1 Å². The second kappa shape index (κ2) is 9.46. The molecule has 0 amide bonds. The number of imidazole rings is 1. The number of carbonyl (C=O) groups is 1. The average molecular weight is 449 g/mol. The van der Waals surface area contributed by atoms with Gasteiger partial charge in [0.2, 0.25) is 5.95 Å². The van der Waals surface area contributed by atoms with Gasteiger partial charge in [-0.1, -0.05) is 58.7 Å². The molecule has 0 aliphatic heterocycles. The van der Waals surface area contributed by atoms with Crippen LogP contribution in [-0.2, 0) is 10.2 Å².